The van der Waals surface area contributed by atoms with E-state index in [9.17, 15) is 4.39 Å². The second kappa shape index (κ2) is 9.06. The lowest BCUT2D eigenvalue weighted by Gasteiger charge is -1.64. The van der Waals surface area contributed by atoms with Crippen LogP contribution in [-0.4, -0.2) is 6.67 Å². The van der Waals surface area contributed by atoms with Crippen molar-refractivity contribution in [2.75, 3.05) is 6.67 Å². The highest BCUT2D eigenvalue weighted by molar-refractivity contribution is 4.11. The van der Waals surface area contributed by atoms with E-state index in [1.165, 1.54) is 0 Å². The van der Waals surface area contributed by atoms with Crippen molar-refractivity contribution in [1.82, 2.24) is 0 Å². The fourth-order valence-corrected chi connectivity index (χ4v) is 0. The Morgan fingerprint density at radius 2 is 1.80 bits per heavy atom. The Morgan fingerprint density at radius 1 is 1.60 bits per heavy atom. The molecule has 0 aromatic heterocycles. The van der Waals surface area contributed by atoms with Gasteiger partial charge < -0.3 is 0 Å². The molecular formula is C4H11F. The van der Waals surface area contributed by atoms with Gasteiger partial charge in [-0.05, 0) is 6.42 Å². The van der Waals surface area contributed by atoms with Gasteiger partial charge in [0.15, 0.2) is 0 Å². The summed E-state index contributed by atoms with van der Waals surface area (Å²) in [5, 5.41) is 0. The predicted molar refractivity (Wildman–Crippen MR) is 23.0 cm³/mol. The molecule has 0 heterocycles. The van der Waals surface area contributed by atoms with E-state index in [0.29, 0.717) is 6.42 Å². The number of rotatable bonds is 1. The number of alkyl halides is 1. The summed E-state index contributed by atoms with van der Waals surface area (Å²) in [7, 11) is 0. The fraction of sp³-hybridized carbons (Fsp3) is 1.00. The van der Waals surface area contributed by atoms with Gasteiger partial charge in [0, 0.05) is 0 Å². The van der Waals surface area contributed by atoms with Crippen molar-refractivity contribution in [2.45, 2.75) is 20.8 Å². The molecule has 34 valence electrons. The molecule has 0 saturated heterocycles. The lowest BCUT2D eigenvalue weighted by Crippen LogP contribution is -1.58. The first-order chi connectivity index (χ1) is 1.91. The molecule has 0 aromatic rings. The van der Waals surface area contributed by atoms with Crippen LogP contribution in [0.2, 0.25) is 0 Å². The average Bonchev–Trinajstić information content (AvgIpc) is 1.37. The van der Waals surface area contributed by atoms with E-state index in [4.69, 9.17) is 0 Å². The van der Waals surface area contributed by atoms with Crippen molar-refractivity contribution < 1.29 is 4.39 Å². The highest BCUT2D eigenvalue weighted by Gasteiger charge is 1.60. The van der Waals surface area contributed by atoms with Crippen molar-refractivity contribution in [2.24, 2.45) is 0 Å². The highest BCUT2D eigenvalue weighted by atomic mass is 18.2. The summed E-state index contributed by atoms with van der Waals surface area (Å²) in [4.78, 5) is 0. The molecule has 0 nitrogen and oxygen atoms in total. The molecule has 0 radical (unpaired) electrons. The molecule has 0 fully saturated rings. The molecule has 0 aliphatic carbocycles. The molecule has 0 bridgehead atoms. The molecule has 1 heteroatoms. The zero-order valence-corrected chi connectivity index (χ0v) is 2.79. The summed E-state index contributed by atoms with van der Waals surface area (Å²) in [6.45, 7) is 1.62. The lowest BCUT2D eigenvalue weighted by molar-refractivity contribution is 0.487. The number of halogens is 1. The Labute approximate surface area is 33.0 Å². The first kappa shape index (κ1) is 8.87. The Balaban J connectivity index is 0. The van der Waals surface area contributed by atoms with E-state index in [2.05, 4.69) is 0 Å². The van der Waals surface area contributed by atoms with Crippen LogP contribution in [0, 0.1) is 0 Å². The van der Waals surface area contributed by atoms with Crippen LogP contribution in [0.1, 0.15) is 20.8 Å². The summed E-state index contributed by atoms with van der Waals surface area (Å²) < 4.78 is 10.7. The minimum Gasteiger partial charge on any atom is -0.251 e. The third-order valence-electron chi connectivity index (χ3n) is 0.189. The molecule has 0 rings (SSSR count). The van der Waals surface area contributed by atoms with Crippen molar-refractivity contribution in [1.29, 1.82) is 0 Å². The zero-order valence-electron chi connectivity index (χ0n) is 2.79. The van der Waals surface area contributed by atoms with Crippen LogP contribution in [0.4, 0.5) is 4.39 Å². The van der Waals surface area contributed by atoms with E-state index >= 15 is 0 Å². The summed E-state index contributed by atoms with van der Waals surface area (Å²) >= 11 is 0. The van der Waals surface area contributed by atoms with Gasteiger partial charge in [-0.1, -0.05) is 14.4 Å². The van der Waals surface area contributed by atoms with Gasteiger partial charge in [-0.25, -0.2) is 0 Å². The first-order valence-electron chi connectivity index (χ1n) is 1.47. The molecule has 5 heavy (non-hydrogen) atoms. The number of hydrogen-bond acceptors (Lipinski definition) is 0. The van der Waals surface area contributed by atoms with E-state index in [1.807, 2.05) is 0 Å². The van der Waals surface area contributed by atoms with Crippen molar-refractivity contribution in [3.63, 3.8) is 0 Å². The Hall–Kier alpha value is -0.0700. The maximum absolute atomic E-state index is 10.7. The van der Waals surface area contributed by atoms with Gasteiger partial charge in [-0.2, -0.15) is 0 Å². The molecule has 0 aliphatic rings. The van der Waals surface area contributed by atoms with Gasteiger partial charge >= 0.3 is 0 Å². The second-order valence-corrected chi connectivity index (χ2v) is 0.689. The maximum atomic E-state index is 10.7. The fourth-order valence-electron chi connectivity index (χ4n) is 0. The predicted octanol–water partition coefficient (Wildman–Crippen LogP) is 2.00. The normalized spacial score (nSPS) is 6.00. The highest BCUT2D eigenvalue weighted by Crippen LogP contribution is 1.69. The van der Waals surface area contributed by atoms with Gasteiger partial charge in [0.2, 0.25) is 0 Å². The Bertz CT molecular complexity index is 5.61. The van der Waals surface area contributed by atoms with E-state index < -0.39 is 0 Å². The lowest BCUT2D eigenvalue weighted by atomic mass is 10.6. The van der Waals surface area contributed by atoms with Crippen LogP contribution >= 0.6 is 0 Å². The van der Waals surface area contributed by atoms with E-state index in [0.717, 1.165) is 0 Å². The molecule has 0 amide bonds. The van der Waals surface area contributed by atoms with Crippen molar-refractivity contribution in [3.05, 3.63) is 0 Å². The Kier molecular flexibility index (Phi) is 16.1. The van der Waals surface area contributed by atoms with E-state index in [1.54, 1.807) is 6.92 Å². The molecule has 0 aliphatic heterocycles. The molecule has 0 aromatic carbocycles. The Morgan fingerprint density at radius 3 is 1.80 bits per heavy atom. The zero-order chi connectivity index (χ0) is 3.41. The standard InChI is InChI=1S/C3H7F.CH4/c1-2-3-4;/h2-3H2,1H3;1H4/i4-1;. The third-order valence-corrected chi connectivity index (χ3v) is 0.189. The molecule has 0 unspecified atom stereocenters. The molecular weight excluding hydrogens is 66.0 g/mol. The molecule has 0 atom stereocenters. The molecule has 0 spiro atoms. The monoisotopic (exact) mass is 77.1 g/mol. The van der Waals surface area contributed by atoms with Crippen molar-refractivity contribution >= 4 is 0 Å². The summed E-state index contributed by atoms with van der Waals surface area (Å²) in [5.41, 5.74) is 0. The topological polar surface area (TPSA) is 0 Å². The van der Waals surface area contributed by atoms with Crippen LogP contribution in [0.3, 0.4) is 0 Å². The quantitative estimate of drug-likeness (QED) is 0.449. The smallest absolute Gasteiger partial charge is 0.0891 e. The summed E-state index contributed by atoms with van der Waals surface area (Å²) in [5.74, 6) is 0. The minimum absolute atomic E-state index is 0. The second-order valence-electron chi connectivity index (χ2n) is 0.689. The summed E-state index contributed by atoms with van der Waals surface area (Å²) in [6.07, 6.45) is 0.653. The van der Waals surface area contributed by atoms with Crippen LogP contribution in [0.5, 0.6) is 0 Å². The SMILES string of the molecule is C.CCC[18F]. The minimum atomic E-state index is -0.181. The van der Waals surface area contributed by atoms with Gasteiger partial charge in [0.25, 0.3) is 0 Å². The number of hydrogen-bond donors (Lipinski definition) is 0. The van der Waals surface area contributed by atoms with E-state index in [-0.39, 0.29) is 14.1 Å². The third kappa shape index (κ3) is 16.9. The van der Waals surface area contributed by atoms with Crippen molar-refractivity contribution in [3.8, 4) is 0 Å². The van der Waals surface area contributed by atoms with Crippen LogP contribution in [0.15, 0.2) is 0 Å². The van der Waals surface area contributed by atoms with Crippen LogP contribution < -0.4 is 0 Å². The maximum Gasteiger partial charge on any atom is 0.0891 e. The largest absolute Gasteiger partial charge is 0.251 e. The molecule has 0 saturated carbocycles. The van der Waals surface area contributed by atoms with Crippen LogP contribution in [0.25, 0.3) is 0 Å². The van der Waals surface area contributed by atoms with Gasteiger partial charge in [-0.3, -0.25) is 4.39 Å². The van der Waals surface area contributed by atoms with Crippen LogP contribution in [-0.2, 0) is 0 Å². The average molecular weight is 77.1 g/mol. The van der Waals surface area contributed by atoms with Gasteiger partial charge in [0.05, 0.1) is 6.67 Å². The molecule has 0 N–H and O–H groups in total. The van der Waals surface area contributed by atoms with Gasteiger partial charge in [-0.15, -0.1) is 0 Å². The summed E-state index contributed by atoms with van der Waals surface area (Å²) in [6, 6.07) is 0. The first-order valence-corrected chi connectivity index (χ1v) is 1.47. The van der Waals surface area contributed by atoms with Gasteiger partial charge in [0.1, 0.15) is 0 Å².